The number of hydrogen-bond donors (Lipinski definition) is 2. The Kier molecular flexibility index (Phi) is 3.27. The molecule has 0 aliphatic carbocycles. The van der Waals surface area contributed by atoms with Gasteiger partial charge in [0, 0.05) is 5.69 Å². The van der Waals surface area contributed by atoms with E-state index in [1.54, 1.807) is 36.4 Å². The van der Waals surface area contributed by atoms with Crippen LogP contribution in [0.15, 0.2) is 47.1 Å². The van der Waals surface area contributed by atoms with Crippen LogP contribution in [0.5, 0.6) is 0 Å². The van der Waals surface area contributed by atoms with E-state index >= 15 is 0 Å². The minimum Gasteiger partial charge on any atom is -0.467 e. The molecule has 2 amide bonds. The zero-order chi connectivity index (χ0) is 14.8. The zero-order valence-corrected chi connectivity index (χ0v) is 11.0. The summed E-state index contributed by atoms with van der Waals surface area (Å²) in [5.74, 6) is -2.60. The molecule has 0 bridgehead atoms. The summed E-state index contributed by atoms with van der Waals surface area (Å²) < 4.78 is 5.06. The number of anilines is 1. The van der Waals surface area contributed by atoms with Gasteiger partial charge < -0.3 is 15.1 Å². The number of carbonyl (C=O) groups excluding carboxylic acids is 3. The van der Waals surface area contributed by atoms with Crippen molar-refractivity contribution >= 4 is 23.3 Å². The van der Waals surface area contributed by atoms with Crippen molar-refractivity contribution < 1.29 is 18.8 Å². The number of para-hydroxylation sites is 1. The molecule has 21 heavy (non-hydrogen) atoms. The summed E-state index contributed by atoms with van der Waals surface area (Å²) in [7, 11) is 0. The molecule has 1 aliphatic rings. The molecule has 0 radical (unpaired) electrons. The zero-order valence-electron chi connectivity index (χ0n) is 11.0. The van der Waals surface area contributed by atoms with Gasteiger partial charge >= 0.3 is 0 Å². The largest absolute Gasteiger partial charge is 0.467 e. The maximum absolute atomic E-state index is 12.2. The summed E-state index contributed by atoms with van der Waals surface area (Å²) in [6.45, 7) is 0.105. The summed E-state index contributed by atoms with van der Waals surface area (Å²) >= 11 is 0. The van der Waals surface area contributed by atoms with Crippen LogP contribution in [-0.4, -0.2) is 17.6 Å². The highest BCUT2D eigenvalue weighted by Crippen LogP contribution is 2.32. The van der Waals surface area contributed by atoms with Crippen LogP contribution >= 0.6 is 0 Å². The highest BCUT2D eigenvalue weighted by molar-refractivity contribution is 6.44. The Hall–Kier alpha value is -2.89. The molecule has 6 nitrogen and oxygen atoms in total. The first-order chi connectivity index (χ1) is 10.2. The number of Topliss-reactive ketones (excluding diaryl/α,β-unsaturated/α-hetero) is 1. The lowest BCUT2D eigenvalue weighted by Crippen LogP contribution is -2.36. The fourth-order valence-corrected chi connectivity index (χ4v) is 2.27. The van der Waals surface area contributed by atoms with Gasteiger partial charge in [-0.2, -0.15) is 0 Å². The van der Waals surface area contributed by atoms with Crippen LogP contribution in [0.3, 0.4) is 0 Å². The van der Waals surface area contributed by atoms with E-state index in [1.165, 1.54) is 6.26 Å². The van der Waals surface area contributed by atoms with Crippen molar-refractivity contribution in [2.45, 2.75) is 12.5 Å². The lowest BCUT2D eigenvalue weighted by molar-refractivity contribution is -0.140. The number of rotatable bonds is 4. The second-order valence-corrected chi connectivity index (χ2v) is 4.64. The SMILES string of the molecule is O=C(NCc1ccco1)C(=O)C1C(=O)Nc2ccccc21. The minimum absolute atomic E-state index is 0.105. The molecular formula is C15H12N2O4. The average molecular weight is 284 g/mol. The number of carbonyl (C=O) groups is 3. The van der Waals surface area contributed by atoms with E-state index in [0.29, 0.717) is 17.0 Å². The van der Waals surface area contributed by atoms with Crippen molar-refractivity contribution in [1.82, 2.24) is 5.32 Å². The van der Waals surface area contributed by atoms with Crippen LogP contribution in [0.1, 0.15) is 17.2 Å². The van der Waals surface area contributed by atoms with E-state index in [9.17, 15) is 14.4 Å². The summed E-state index contributed by atoms with van der Waals surface area (Å²) in [4.78, 5) is 36.0. The number of furan rings is 1. The number of fused-ring (bicyclic) bond motifs is 1. The van der Waals surface area contributed by atoms with E-state index in [2.05, 4.69) is 10.6 Å². The Morgan fingerprint density at radius 1 is 1.19 bits per heavy atom. The normalized spacial score (nSPS) is 16.2. The van der Waals surface area contributed by atoms with Crippen molar-refractivity contribution in [2.24, 2.45) is 0 Å². The molecule has 0 saturated carbocycles. The number of ketones is 1. The highest BCUT2D eigenvalue weighted by atomic mass is 16.3. The van der Waals surface area contributed by atoms with Gasteiger partial charge in [0.05, 0.1) is 12.8 Å². The van der Waals surface area contributed by atoms with Crippen molar-refractivity contribution in [3.8, 4) is 0 Å². The molecule has 0 fully saturated rings. The molecule has 1 unspecified atom stereocenters. The van der Waals surface area contributed by atoms with Crippen LogP contribution in [0.25, 0.3) is 0 Å². The molecule has 1 aromatic carbocycles. The Bertz CT molecular complexity index is 706. The third-order valence-corrected chi connectivity index (χ3v) is 3.28. The molecule has 106 valence electrons. The van der Waals surface area contributed by atoms with Crippen molar-refractivity contribution in [3.63, 3.8) is 0 Å². The minimum atomic E-state index is -1.09. The smallest absolute Gasteiger partial charge is 0.288 e. The van der Waals surface area contributed by atoms with Gasteiger partial charge in [-0.05, 0) is 23.8 Å². The summed E-state index contributed by atoms with van der Waals surface area (Å²) in [5, 5.41) is 5.05. The van der Waals surface area contributed by atoms with E-state index in [4.69, 9.17) is 4.42 Å². The molecule has 3 rings (SSSR count). The Morgan fingerprint density at radius 3 is 2.76 bits per heavy atom. The van der Waals surface area contributed by atoms with E-state index < -0.39 is 23.5 Å². The molecule has 1 atom stereocenters. The average Bonchev–Trinajstić information content (AvgIpc) is 3.10. The van der Waals surface area contributed by atoms with Crippen LogP contribution in [0.2, 0.25) is 0 Å². The molecule has 1 aromatic heterocycles. The van der Waals surface area contributed by atoms with Crippen molar-refractivity contribution in [1.29, 1.82) is 0 Å². The third-order valence-electron chi connectivity index (χ3n) is 3.28. The first kappa shape index (κ1) is 13.1. The molecule has 6 heteroatoms. The van der Waals surface area contributed by atoms with Crippen LogP contribution in [-0.2, 0) is 20.9 Å². The van der Waals surface area contributed by atoms with E-state index in [-0.39, 0.29) is 6.54 Å². The number of hydrogen-bond acceptors (Lipinski definition) is 4. The van der Waals surface area contributed by atoms with Gasteiger partial charge in [-0.25, -0.2) is 0 Å². The standard InChI is InChI=1S/C15H12N2O4/c18-13(15(20)16-8-9-4-3-7-21-9)12-10-5-1-2-6-11(10)17-14(12)19/h1-7,12H,8H2,(H,16,20)(H,17,19). The second-order valence-electron chi connectivity index (χ2n) is 4.64. The van der Waals surface area contributed by atoms with Gasteiger partial charge in [0.1, 0.15) is 11.7 Å². The predicted molar refractivity (Wildman–Crippen MR) is 73.4 cm³/mol. The highest BCUT2D eigenvalue weighted by Gasteiger charge is 2.39. The Balaban J connectivity index is 1.73. The van der Waals surface area contributed by atoms with Gasteiger partial charge in [-0.3, -0.25) is 14.4 Å². The molecule has 2 N–H and O–H groups in total. The lowest BCUT2D eigenvalue weighted by Gasteiger charge is -2.07. The molecular weight excluding hydrogens is 272 g/mol. The molecule has 1 aliphatic heterocycles. The molecule has 0 saturated heterocycles. The maximum Gasteiger partial charge on any atom is 0.288 e. The summed E-state index contributed by atoms with van der Waals surface area (Å²) in [6, 6.07) is 10.2. The molecule has 0 spiro atoms. The first-order valence-corrected chi connectivity index (χ1v) is 6.41. The van der Waals surface area contributed by atoms with Crippen LogP contribution in [0.4, 0.5) is 5.69 Å². The van der Waals surface area contributed by atoms with Gasteiger partial charge in [-0.1, -0.05) is 18.2 Å². The van der Waals surface area contributed by atoms with Crippen molar-refractivity contribution in [2.75, 3.05) is 5.32 Å². The van der Waals surface area contributed by atoms with Crippen molar-refractivity contribution in [3.05, 3.63) is 54.0 Å². The topological polar surface area (TPSA) is 88.4 Å². The van der Waals surface area contributed by atoms with Crippen LogP contribution in [0, 0.1) is 0 Å². The monoisotopic (exact) mass is 284 g/mol. The maximum atomic E-state index is 12.2. The molecule has 2 aromatic rings. The fraction of sp³-hybridized carbons (Fsp3) is 0.133. The lowest BCUT2D eigenvalue weighted by atomic mass is 9.95. The fourth-order valence-electron chi connectivity index (χ4n) is 2.27. The Labute approximate surface area is 120 Å². The predicted octanol–water partition coefficient (Wildman–Crippen LogP) is 1.20. The van der Waals surface area contributed by atoms with Gasteiger partial charge in [0.15, 0.2) is 0 Å². The summed E-state index contributed by atoms with van der Waals surface area (Å²) in [5.41, 5.74) is 1.10. The van der Waals surface area contributed by atoms with E-state index in [1.807, 2.05) is 0 Å². The summed E-state index contributed by atoms with van der Waals surface area (Å²) in [6.07, 6.45) is 1.48. The number of amides is 2. The third kappa shape index (κ3) is 2.43. The van der Waals surface area contributed by atoms with Crippen LogP contribution < -0.4 is 10.6 Å². The number of benzene rings is 1. The van der Waals surface area contributed by atoms with Gasteiger partial charge in [0.25, 0.3) is 5.91 Å². The number of nitrogens with one attached hydrogen (secondary N) is 2. The van der Waals surface area contributed by atoms with Gasteiger partial charge in [-0.15, -0.1) is 0 Å². The van der Waals surface area contributed by atoms with Gasteiger partial charge in [0.2, 0.25) is 11.7 Å². The van der Waals surface area contributed by atoms with E-state index in [0.717, 1.165) is 0 Å². The first-order valence-electron chi connectivity index (χ1n) is 6.41. The quantitative estimate of drug-likeness (QED) is 0.652. The second kappa shape index (κ2) is 5.24. The molecule has 2 heterocycles. The Morgan fingerprint density at radius 2 is 2.00 bits per heavy atom.